The van der Waals surface area contributed by atoms with Crippen molar-refractivity contribution in [3.63, 3.8) is 0 Å². The van der Waals surface area contributed by atoms with Gasteiger partial charge in [0.2, 0.25) is 0 Å². The lowest BCUT2D eigenvalue weighted by Crippen LogP contribution is -2.38. The first-order chi connectivity index (χ1) is 8.76. The summed E-state index contributed by atoms with van der Waals surface area (Å²) in [4.78, 5) is 4.33. The lowest BCUT2D eigenvalue weighted by Gasteiger charge is -2.35. The van der Waals surface area contributed by atoms with E-state index in [1.807, 2.05) is 19.4 Å². The van der Waals surface area contributed by atoms with Crippen molar-refractivity contribution in [1.29, 1.82) is 0 Å². The van der Waals surface area contributed by atoms with Crippen molar-refractivity contribution < 1.29 is 0 Å². The normalized spacial score (nSPS) is 19.0. The number of hydrogen-bond donors (Lipinski definition) is 1. The Morgan fingerprint density at radius 1 is 1.39 bits per heavy atom. The topological polar surface area (TPSA) is 29.9 Å². The van der Waals surface area contributed by atoms with Gasteiger partial charge in [0, 0.05) is 44.8 Å². The molecule has 3 nitrogen and oxygen atoms in total. The van der Waals surface area contributed by atoms with E-state index in [0.717, 1.165) is 31.2 Å². The molecule has 1 aromatic heterocycles. The minimum atomic E-state index is 0.349. The molecule has 1 saturated carbocycles. The second-order valence-electron chi connectivity index (χ2n) is 5.58. The molecule has 1 N–H and O–H groups in total. The fourth-order valence-corrected chi connectivity index (χ4v) is 3.21. The zero-order valence-corrected chi connectivity index (χ0v) is 12.0. The molecule has 0 atom stereocenters. The monoisotopic (exact) mass is 269 g/mol. The SMILES string of the molecule is Cn1ccnc1CCNCC1(CCl)CCCCC1. The molecular weight excluding hydrogens is 246 g/mol. The number of rotatable bonds is 6. The molecule has 2 rings (SSSR count). The standard InChI is InChI=1S/C14H24ClN3/c1-18-10-9-17-13(18)5-8-16-12-14(11-15)6-3-2-4-7-14/h9-10,16H,2-8,11-12H2,1H3. The van der Waals surface area contributed by atoms with Crippen molar-refractivity contribution in [2.75, 3.05) is 19.0 Å². The highest BCUT2D eigenvalue weighted by Gasteiger charge is 2.30. The molecule has 1 aliphatic rings. The number of alkyl halides is 1. The van der Waals surface area contributed by atoms with Crippen molar-refractivity contribution in [2.24, 2.45) is 12.5 Å². The molecule has 0 amide bonds. The van der Waals surface area contributed by atoms with Crippen LogP contribution in [0.2, 0.25) is 0 Å². The third kappa shape index (κ3) is 3.48. The highest BCUT2D eigenvalue weighted by molar-refractivity contribution is 6.18. The smallest absolute Gasteiger partial charge is 0.109 e. The highest BCUT2D eigenvalue weighted by atomic mass is 35.5. The second kappa shape index (κ2) is 6.58. The van der Waals surface area contributed by atoms with Crippen LogP contribution in [0.25, 0.3) is 0 Å². The summed E-state index contributed by atoms with van der Waals surface area (Å²) in [6.45, 7) is 2.05. The summed E-state index contributed by atoms with van der Waals surface area (Å²) in [6, 6.07) is 0. The van der Waals surface area contributed by atoms with E-state index in [9.17, 15) is 0 Å². The Bertz CT molecular complexity index is 356. The van der Waals surface area contributed by atoms with Crippen LogP contribution < -0.4 is 5.32 Å². The maximum absolute atomic E-state index is 6.18. The molecule has 1 aromatic rings. The lowest BCUT2D eigenvalue weighted by atomic mass is 9.75. The maximum Gasteiger partial charge on any atom is 0.109 e. The fraction of sp³-hybridized carbons (Fsp3) is 0.786. The van der Waals surface area contributed by atoms with Gasteiger partial charge in [-0.1, -0.05) is 19.3 Å². The minimum Gasteiger partial charge on any atom is -0.338 e. The first kappa shape index (κ1) is 13.9. The Labute approximate surface area is 115 Å². The quantitative estimate of drug-likeness (QED) is 0.636. The first-order valence-corrected chi connectivity index (χ1v) is 7.52. The van der Waals surface area contributed by atoms with Gasteiger partial charge in [-0.05, 0) is 18.3 Å². The molecule has 0 aromatic carbocycles. The first-order valence-electron chi connectivity index (χ1n) is 6.99. The Kier molecular flexibility index (Phi) is 5.07. The second-order valence-corrected chi connectivity index (χ2v) is 5.84. The van der Waals surface area contributed by atoms with Crippen molar-refractivity contribution in [1.82, 2.24) is 14.9 Å². The van der Waals surface area contributed by atoms with E-state index in [1.165, 1.54) is 32.1 Å². The van der Waals surface area contributed by atoms with Crippen LogP contribution in [-0.2, 0) is 13.5 Å². The number of nitrogens with one attached hydrogen (secondary N) is 1. The maximum atomic E-state index is 6.18. The third-order valence-electron chi connectivity index (χ3n) is 4.14. The fourth-order valence-electron chi connectivity index (χ4n) is 2.85. The molecule has 102 valence electrons. The van der Waals surface area contributed by atoms with Gasteiger partial charge >= 0.3 is 0 Å². The van der Waals surface area contributed by atoms with Crippen LogP contribution in [0.15, 0.2) is 12.4 Å². The van der Waals surface area contributed by atoms with E-state index in [2.05, 4.69) is 14.9 Å². The third-order valence-corrected chi connectivity index (χ3v) is 4.71. The molecule has 18 heavy (non-hydrogen) atoms. The van der Waals surface area contributed by atoms with Crippen LogP contribution in [0.4, 0.5) is 0 Å². The molecular formula is C14H24ClN3. The van der Waals surface area contributed by atoms with E-state index < -0.39 is 0 Å². The molecule has 0 aliphatic heterocycles. The summed E-state index contributed by atoms with van der Waals surface area (Å²) < 4.78 is 2.08. The molecule has 1 aliphatic carbocycles. The predicted molar refractivity (Wildman–Crippen MR) is 76.0 cm³/mol. The summed E-state index contributed by atoms with van der Waals surface area (Å²) in [5, 5.41) is 3.57. The number of hydrogen-bond acceptors (Lipinski definition) is 2. The van der Waals surface area contributed by atoms with Gasteiger partial charge in [-0.2, -0.15) is 0 Å². The van der Waals surface area contributed by atoms with E-state index in [4.69, 9.17) is 11.6 Å². The molecule has 1 heterocycles. The van der Waals surface area contributed by atoms with Crippen molar-refractivity contribution in [3.8, 4) is 0 Å². The van der Waals surface area contributed by atoms with Gasteiger partial charge in [-0.15, -0.1) is 11.6 Å². The zero-order valence-electron chi connectivity index (χ0n) is 11.3. The molecule has 0 radical (unpaired) electrons. The van der Waals surface area contributed by atoms with Gasteiger partial charge in [-0.3, -0.25) is 0 Å². The number of aromatic nitrogens is 2. The van der Waals surface area contributed by atoms with Gasteiger partial charge in [0.05, 0.1) is 0 Å². The van der Waals surface area contributed by atoms with Gasteiger partial charge in [0.25, 0.3) is 0 Å². The molecule has 1 fully saturated rings. The number of imidazole rings is 1. The largest absolute Gasteiger partial charge is 0.338 e. The van der Waals surface area contributed by atoms with Crippen molar-refractivity contribution in [3.05, 3.63) is 18.2 Å². The lowest BCUT2D eigenvalue weighted by molar-refractivity contribution is 0.213. The van der Waals surface area contributed by atoms with Gasteiger partial charge in [-0.25, -0.2) is 4.98 Å². The molecule has 0 unspecified atom stereocenters. The summed E-state index contributed by atoms with van der Waals surface area (Å²) in [5.41, 5.74) is 0.349. The van der Waals surface area contributed by atoms with Gasteiger partial charge in [0.1, 0.15) is 5.82 Å². The highest BCUT2D eigenvalue weighted by Crippen LogP contribution is 2.36. The van der Waals surface area contributed by atoms with E-state index in [-0.39, 0.29) is 0 Å². The van der Waals surface area contributed by atoms with Crippen LogP contribution in [0.1, 0.15) is 37.9 Å². The summed E-state index contributed by atoms with van der Waals surface area (Å²) in [6.07, 6.45) is 11.5. The van der Waals surface area contributed by atoms with Crippen LogP contribution >= 0.6 is 11.6 Å². The average molecular weight is 270 g/mol. The van der Waals surface area contributed by atoms with Crippen molar-refractivity contribution >= 4 is 11.6 Å². The predicted octanol–water partition coefficient (Wildman–Crippen LogP) is 2.74. The Morgan fingerprint density at radius 3 is 2.78 bits per heavy atom. The van der Waals surface area contributed by atoms with Crippen LogP contribution in [0.5, 0.6) is 0 Å². The van der Waals surface area contributed by atoms with Crippen molar-refractivity contribution in [2.45, 2.75) is 38.5 Å². The van der Waals surface area contributed by atoms with Gasteiger partial charge < -0.3 is 9.88 Å². The van der Waals surface area contributed by atoms with E-state index >= 15 is 0 Å². The Hall–Kier alpha value is -0.540. The Balaban J connectivity index is 1.72. The zero-order chi connectivity index (χ0) is 12.8. The molecule has 4 heteroatoms. The number of nitrogens with zero attached hydrogens (tertiary/aromatic N) is 2. The Morgan fingerprint density at radius 2 is 2.17 bits per heavy atom. The summed E-state index contributed by atoms with van der Waals surface area (Å²) in [5.74, 6) is 1.94. The number of aryl methyl sites for hydroxylation is 1. The van der Waals surface area contributed by atoms with Crippen LogP contribution in [-0.4, -0.2) is 28.5 Å². The van der Waals surface area contributed by atoms with Gasteiger partial charge in [0.15, 0.2) is 0 Å². The van der Waals surface area contributed by atoms with Crippen LogP contribution in [0.3, 0.4) is 0 Å². The van der Waals surface area contributed by atoms with E-state index in [0.29, 0.717) is 5.41 Å². The summed E-state index contributed by atoms with van der Waals surface area (Å²) in [7, 11) is 2.05. The average Bonchev–Trinajstić information content (AvgIpc) is 2.82. The molecule has 0 spiro atoms. The molecule has 0 bridgehead atoms. The summed E-state index contributed by atoms with van der Waals surface area (Å²) >= 11 is 6.18. The van der Waals surface area contributed by atoms with Crippen LogP contribution in [0, 0.1) is 5.41 Å². The van der Waals surface area contributed by atoms with E-state index in [1.54, 1.807) is 0 Å². The molecule has 0 saturated heterocycles. The number of halogens is 1. The minimum absolute atomic E-state index is 0.349.